The van der Waals surface area contributed by atoms with Gasteiger partial charge in [0.15, 0.2) is 0 Å². The van der Waals surface area contributed by atoms with Crippen LogP contribution in [0, 0.1) is 8.80 Å². The lowest BCUT2D eigenvalue weighted by Gasteiger charge is -1.87. The summed E-state index contributed by atoms with van der Waals surface area (Å²) in [5.74, 6) is 1.62. The summed E-state index contributed by atoms with van der Waals surface area (Å²) >= 11 is 7.65. The van der Waals surface area contributed by atoms with Gasteiger partial charge >= 0.3 is 0 Å². The zero-order valence-corrected chi connectivity index (χ0v) is 10.3. The van der Waals surface area contributed by atoms with E-state index in [-0.39, 0.29) is 0 Å². The molecule has 1 nitrogen and oxygen atoms in total. The SMILES string of the molecule is BrCC1CC1c1ncc(I)s1. The minimum atomic E-state index is 0.767. The van der Waals surface area contributed by atoms with Crippen molar-refractivity contribution in [3.8, 4) is 0 Å². The molecule has 2 rings (SSSR count). The molecule has 0 spiro atoms. The number of halogens is 2. The van der Waals surface area contributed by atoms with Crippen LogP contribution in [-0.2, 0) is 0 Å². The molecule has 4 heteroatoms. The smallest absolute Gasteiger partial charge is 0.0970 e. The molecule has 11 heavy (non-hydrogen) atoms. The van der Waals surface area contributed by atoms with Crippen LogP contribution in [0.3, 0.4) is 0 Å². The average molecular weight is 344 g/mol. The molecule has 0 N–H and O–H groups in total. The van der Waals surface area contributed by atoms with E-state index in [0.29, 0.717) is 0 Å². The van der Waals surface area contributed by atoms with E-state index >= 15 is 0 Å². The van der Waals surface area contributed by atoms with Crippen molar-refractivity contribution in [2.75, 3.05) is 5.33 Å². The zero-order chi connectivity index (χ0) is 7.84. The maximum atomic E-state index is 4.37. The van der Waals surface area contributed by atoms with E-state index in [9.17, 15) is 0 Å². The van der Waals surface area contributed by atoms with E-state index in [1.165, 1.54) is 14.3 Å². The highest BCUT2D eigenvalue weighted by Crippen LogP contribution is 2.49. The van der Waals surface area contributed by atoms with Crippen LogP contribution in [0.2, 0.25) is 0 Å². The second kappa shape index (κ2) is 3.30. The van der Waals surface area contributed by atoms with Crippen LogP contribution < -0.4 is 0 Å². The number of aromatic nitrogens is 1. The van der Waals surface area contributed by atoms with Gasteiger partial charge in [-0.05, 0) is 34.9 Å². The second-order valence-electron chi connectivity index (χ2n) is 2.76. The molecule has 1 aromatic rings. The van der Waals surface area contributed by atoms with Crippen LogP contribution in [0.15, 0.2) is 6.20 Å². The van der Waals surface area contributed by atoms with Crippen LogP contribution in [0.5, 0.6) is 0 Å². The number of hydrogen-bond acceptors (Lipinski definition) is 2. The average Bonchev–Trinajstić information content (AvgIpc) is 2.68. The molecule has 2 atom stereocenters. The highest BCUT2D eigenvalue weighted by molar-refractivity contribution is 14.1. The van der Waals surface area contributed by atoms with Gasteiger partial charge in [-0.15, -0.1) is 11.3 Å². The third-order valence-corrected chi connectivity index (χ3v) is 4.62. The van der Waals surface area contributed by atoms with Gasteiger partial charge in [0.2, 0.25) is 0 Å². The quantitative estimate of drug-likeness (QED) is 0.593. The molecular weight excluding hydrogens is 337 g/mol. The van der Waals surface area contributed by atoms with E-state index in [2.05, 4.69) is 43.5 Å². The summed E-state index contributed by atoms with van der Waals surface area (Å²) in [6.07, 6.45) is 3.29. The Morgan fingerprint density at radius 1 is 1.82 bits per heavy atom. The first-order valence-corrected chi connectivity index (χ1v) is 6.50. The van der Waals surface area contributed by atoms with E-state index in [1.807, 2.05) is 17.5 Å². The monoisotopic (exact) mass is 343 g/mol. The topological polar surface area (TPSA) is 12.9 Å². The van der Waals surface area contributed by atoms with Gasteiger partial charge in [-0.1, -0.05) is 15.9 Å². The Bertz CT molecular complexity index is 263. The number of alkyl halides is 1. The van der Waals surface area contributed by atoms with Gasteiger partial charge in [-0.2, -0.15) is 0 Å². The van der Waals surface area contributed by atoms with Gasteiger partial charge in [0.25, 0.3) is 0 Å². The lowest BCUT2D eigenvalue weighted by atomic mass is 10.4. The molecule has 0 aliphatic heterocycles. The van der Waals surface area contributed by atoms with E-state index in [4.69, 9.17) is 0 Å². The fourth-order valence-electron chi connectivity index (χ4n) is 1.16. The van der Waals surface area contributed by atoms with E-state index < -0.39 is 0 Å². The Hall–Kier alpha value is 0.840. The molecule has 0 bridgehead atoms. The maximum Gasteiger partial charge on any atom is 0.0970 e. The van der Waals surface area contributed by atoms with Crippen molar-refractivity contribution in [1.82, 2.24) is 4.98 Å². The normalized spacial score (nSPS) is 28.9. The first-order chi connectivity index (χ1) is 5.31. The van der Waals surface area contributed by atoms with Gasteiger partial charge in [0.1, 0.15) is 0 Å². The molecule has 1 aliphatic rings. The van der Waals surface area contributed by atoms with E-state index in [0.717, 1.165) is 17.2 Å². The van der Waals surface area contributed by atoms with Crippen molar-refractivity contribution < 1.29 is 0 Å². The van der Waals surface area contributed by atoms with Gasteiger partial charge < -0.3 is 0 Å². The summed E-state index contributed by atoms with van der Waals surface area (Å²) < 4.78 is 1.30. The minimum Gasteiger partial charge on any atom is -0.248 e. The van der Waals surface area contributed by atoms with Gasteiger partial charge in [0.05, 0.1) is 14.1 Å². The summed E-state index contributed by atoms with van der Waals surface area (Å²) in [6, 6.07) is 0. The second-order valence-corrected chi connectivity index (χ2v) is 6.36. The largest absolute Gasteiger partial charge is 0.248 e. The summed E-state index contributed by atoms with van der Waals surface area (Å²) in [5, 5.41) is 2.47. The van der Waals surface area contributed by atoms with Crippen LogP contribution in [0.1, 0.15) is 17.3 Å². The molecule has 1 heterocycles. The lowest BCUT2D eigenvalue weighted by molar-refractivity contribution is 0.926. The number of nitrogens with zero attached hydrogens (tertiary/aromatic N) is 1. The Balaban J connectivity index is 2.08. The van der Waals surface area contributed by atoms with Crippen LogP contribution in [0.25, 0.3) is 0 Å². The van der Waals surface area contributed by atoms with Gasteiger partial charge in [-0.3, -0.25) is 0 Å². The molecule has 0 amide bonds. The van der Waals surface area contributed by atoms with Crippen molar-refractivity contribution in [3.63, 3.8) is 0 Å². The van der Waals surface area contributed by atoms with Crippen molar-refractivity contribution in [1.29, 1.82) is 0 Å². The molecule has 1 aliphatic carbocycles. The number of hydrogen-bond donors (Lipinski definition) is 0. The lowest BCUT2D eigenvalue weighted by Crippen LogP contribution is -1.81. The highest BCUT2D eigenvalue weighted by Gasteiger charge is 2.39. The first kappa shape index (κ1) is 8.44. The predicted octanol–water partition coefficient (Wildman–Crippen LogP) is 3.25. The number of thiazole rings is 1. The van der Waals surface area contributed by atoms with Crippen molar-refractivity contribution in [3.05, 3.63) is 14.1 Å². The third-order valence-electron chi connectivity index (χ3n) is 1.93. The Labute approximate surface area is 91.9 Å². The summed E-state index contributed by atoms with van der Waals surface area (Å²) in [5.41, 5.74) is 0. The standard InChI is InChI=1S/C7H7BrINS/c8-2-4-1-5(4)7-10-3-6(9)11-7/h3-5H,1-2H2. The summed E-state index contributed by atoms with van der Waals surface area (Å²) in [7, 11) is 0. The molecule has 0 aromatic carbocycles. The Kier molecular flexibility index (Phi) is 2.53. The van der Waals surface area contributed by atoms with Crippen LogP contribution >= 0.6 is 49.9 Å². The Morgan fingerprint density at radius 3 is 3.09 bits per heavy atom. The van der Waals surface area contributed by atoms with Gasteiger partial charge in [0, 0.05) is 11.2 Å². The fraction of sp³-hybridized carbons (Fsp3) is 0.571. The third kappa shape index (κ3) is 1.78. The summed E-state index contributed by atoms with van der Waals surface area (Å²) in [6.45, 7) is 0. The fourth-order valence-corrected chi connectivity index (χ4v) is 3.54. The molecule has 0 saturated heterocycles. The predicted molar refractivity (Wildman–Crippen MR) is 59.5 cm³/mol. The molecule has 0 radical (unpaired) electrons. The van der Waals surface area contributed by atoms with Gasteiger partial charge in [-0.25, -0.2) is 4.98 Å². The molecule has 2 unspecified atom stereocenters. The molecule has 60 valence electrons. The Morgan fingerprint density at radius 2 is 2.64 bits per heavy atom. The molecule has 1 aromatic heterocycles. The first-order valence-electron chi connectivity index (χ1n) is 3.48. The number of rotatable bonds is 2. The highest BCUT2D eigenvalue weighted by atomic mass is 127. The van der Waals surface area contributed by atoms with Crippen molar-refractivity contribution >= 4 is 49.9 Å². The van der Waals surface area contributed by atoms with Crippen LogP contribution in [0.4, 0.5) is 0 Å². The maximum absolute atomic E-state index is 4.37. The molecule has 1 fully saturated rings. The van der Waals surface area contributed by atoms with Crippen molar-refractivity contribution in [2.45, 2.75) is 12.3 Å². The molecular formula is C7H7BrINS. The molecule has 1 saturated carbocycles. The van der Waals surface area contributed by atoms with Crippen molar-refractivity contribution in [2.24, 2.45) is 5.92 Å². The van der Waals surface area contributed by atoms with E-state index in [1.54, 1.807) is 0 Å². The minimum absolute atomic E-state index is 0.767. The summed E-state index contributed by atoms with van der Waals surface area (Å²) in [4.78, 5) is 4.37. The zero-order valence-electron chi connectivity index (χ0n) is 5.76. The van der Waals surface area contributed by atoms with Crippen LogP contribution in [-0.4, -0.2) is 10.3 Å².